The van der Waals surface area contributed by atoms with Gasteiger partial charge in [-0.05, 0) is 43.4 Å². The van der Waals surface area contributed by atoms with Crippen LogP contribution < -0.4 is 16.0 Å². The van der Waals surface area contributed by atoms with Crippen LogP contribution in [-0.2, 0) is 16.1 Å². The molecule has 6 nitrogen and oxygen atoms in total. The van der Waals surface area contributed by atoms with E-state index in [1.165, 1.54) is 0 Å². The first-order valence-electron chi connectivity index (χ1n) is 10.5. The van der Waals surface area contributed by atoms with E-state index >= 15 is 0 Å². The highest BCUT2D eigenvalue weighted by molar-refractivity contribution is 6.40. The fourth-order valence-electron chi connectivity index (χ4n) is 3.83. The number of aryl methyl sites for hydroxylation is 1. The molecule has 0 heterocycles. The highest BCUT2D eigenvalue weighted by atomic mass is 16.2. The number of carbonyl (C=O) groups excluding carboxylic acids is 3. The minimum atomic E-state index is -0.758. The number of hydrogen-bond acceptors (Lipinski definition) is 3. The van der Waals surface area contributed by atoms with Gasteiger partial charge in [0, 0.05) is 12.6 Å². The van der Waals surface area contributed by atoms with Gasteiger partial charge in [-0.1, -0.05) is 61.7 Å². The third kappa shape index (κ3) is 5.69. The molecule has 0 radical (unpaired) electrons. The van der Waals surface area contributed by atoms with Gasteiger partial charge in [0.2, 0.25) is 0 Å². The van der Waals surface area contributed by atoms with E-state index in [-0.39, 0.29) is 11.9 Å². The molecule has 3 amide bonds. The van der Waals surface area contributed by atoms with Gasteiger partial charge >= 0.3 is 11.8 Å². The van der Waals surface area contributed by atoms with Crippen molar-refractivity contribution in [3.05, 3.63) is 65.2 Å². The molecule has 0 saturated heterocycles. The van der Waals surface area contributed by atoms with Crippen molar-refractivity contribution in [2.45, 2.75) is 52.1 Å². The van der Waals surface area contributed by atoms with Gasteiger partial charge in [-0.3, -0.25) is 14.4 Å². The van der Waals surface area contributed by atoms with Crippen molar-refractivity contribution in [3.8, 4) is 0 Å². The minimum Gasteiger partial charge on any atom is -0.348 e. The third-order valence-electron chi connectivity index (χ3n) is 5.59. The first-order valence-corrected chi connectivity index (χ1v) is 10.5. The number of anilines is 1. The summed E-state index contributed by atoms with van der Waals surface area (Å²) >= 11 is 0. The summed E-state index contributed by atoms with van der Waals surface area (Å²) in [6.45, 7) is 4.47. The average Bonchev–Trinajstić information content (AvgIpc) is 2.74. The van der Waals surface area contributed by atoms with E-state index in [1.807, 2.05) is 31.2 Å². The second kappa shape index (κ2) is 10.1. The lowest BCUT2D eigenvalue weighted by Gasteiger charge is -2.29. The van der Waals surface area contributed by atoms with Crippen molar-refractivity contribution < 1.29 is 14.4 Å². The monoisotopic (exact) mass is 407 g/mol. The molecule has 3 N–H and O–H groups in total. The SMILES string of the molecule is Cc1cccc(CNC(=O)c2ccccc2NC(=O)C(=O)N[C@H]2CCCC[C@H]2C)c1. The van der Waals surface area contributed by atoms with Gasteiger partial charge in [0.05, 0.1) is 11.3 Å². The van der Waals surface area contributed by atoms with Crippen molar-refractivity contribution in [1.82, 2.24) is 10.6 Å². The molecule has 158 valence electrons. The van der Waals surface area contributed by atoms with Crippen molar-refractivity contribution in [3.63, 3.8) is 0 Å². The molecule has 1 aliphatic carbocycles. The Labute approximate surface area is 177 Å². The summed E-state index contributed by atoms with van der Waals surface area (Å²) < 4.78 is 0. The van der Waals surface area contributed by atoms with Crippen LogP contribution in [-0.4, -0.2) is 23.8 Å². The smallest absolute Gasteiger partial charge is 0.313 e. The fraction of sp³-hybridized carbons (Fsp3) is 0.375. The van der Waals surface area contributed by atoms with Crippen LogP contribution in [0.2, 0.25) is 0 Å². The van der Waals surface area contributed by atoms with E-state index in [2.05, 4.69) is 22.9 Å². The van der Waals surface area contributed by atoms with E-state index in [1.54, 1.807) is 24.3 Å². The van der Waals surface area contributed by atoms with E-state index in [0.29, 0.717) is 23.7 Å². The molecule has 2 atom stereocenters. The molecule has 0 aromatic heterocycles. The summed E-state index contributed by atoms with van der Waals surface area (Å²) in [6.07, 6.45) is 4.15. The summed E-state index contributed by atoms with van der Waals surface area (Å²) in [5, 5.41) is 8.29. The number of benzene rings is 2. The van der Waals surface area contributed by atoms with Crippen LogP contribution in [0.1, 0.15) is 54.1 Å². The summed E-state index contributed by atoms with van der Waals surface area (Å²) in [5.41, 5.74) is 2.74. The maximum Gasteiger partial charge on any atom is 0.313 e. The van der Waals surface area contributed by atoms with Gasteiger partial charge in [-0.2, -0.15) is 0 Å². The molecule has 6 heteroatoms. The first kappa shape index (κ1) is 21.6. The molecule has 0 bridgehead atoms. The largest absolute Gasteiger partial charge is 0.348 e. The predicted octanol–water partition coefficient (Wildman–Crippen LogP) is 3.56. The van der Waals surface area contributed by atoms with Gasteiger partial charge in [0.1, 0.15) is 0 Å². The van der Waals surface area contributed by atoms with Gasteiger partial charge in [0.25, 0.3) is 5.91 Å². The summed E-state index contributed by atoms with van der Waals surface area (Å²) in [7, 11) is 0. The van der Waals surface area contributed by atoms with E-state index in [9.17, 15) is 14.4 Å². The Kier molecular flexibility index (Phi) is 7.22. The summed E-state index contributed by atoms with van der Waals surface area (Å²) in [5.74, 6) is -1.38. The quantitative estimate of drug-likeness (QED) is 0.663. The zero-order valence-electron chi connectivity index (χ0n) is 17.5. The number of carbonyl (C=O) groups is 3. The fourth-order valence-corrected chi connectivity index (χ4v) is 3.83. The highest BCUT2D eigenvalue weighted by Crippen LogP contribution is 2.23. The van der Waals surface area contributed by atoms with E-state index in [4.69, 9.17) is 0 Å². The van der Waals surface area contributed by atoms with Crippen molar-refractivity contribution in [2.75, 3.05) is 5.32 Å². The molecule has 30 heavy (non-hydrogen) atoms. The van der Waals surface area contributed by atoms with Gasteiger partial charge < -0.3 is 16.0 Å². The van der Waals surface area contributed by atoms with Gasteiger partial charge in [-0.25, -0.2) is 0 Å². The molecule has 3 rings (SSSR count). The molecule has 0 spiro atoms. The van der Waals surface area contributed by atoms with Crippen LogP contribution >= 0.6 is 0 Å². The maximum atomic E-state index is 12.7. The normalized spacial score (nSPS) is 18.3. The molecule has 1 saturated carbocycles. The zero-order valence-corrected chi connectivity index (χ0v) is 17.5. The van der Waals surface area contributed by atoms with E-state index in [0.717, 1.165) is 36.8 Å². The maximum absolute atomic E-state index is 12.7. The molecular weight excluding hydrogens is 378 g/mol. The third-order valence-corrected chi connectivity index (χ3v) is 5.59. The van der Waals surface area contributed by atoms with Crippen LogP contribution in [0.15, 0.2) is 48.5 Å². The molecule has 2 aromatic rings. The minimum absolute atomic E-state index is 0.0184. The Bertz CT molecular complexity index is 925. The van der Waals surface area contributed by atoms with Crippen molar-refractivity contribution in [2.24, 2.45) is 5.92 Å². The Balaban J connectivity index is 1.61. The Morgan fingerprint density at radius 2 is 1.73 bits per heavy atom. The van der Waals surface area contributed by atoms with Crippen LogP contribution in [0.25, 0.3) is 0 Å². The van der Waals surface area contributed by atoms with Gasteiger partial charge in [-0.15, -0.1) is 0 Å². The second-order valence-electron chi connectivity index (χ2n) is 8.01. The topological polar surface area (TPSA) is 87.3 Å². The number of amides is 3. The van der Waals surface area contributed by atoms with E-state index < -0.39 is 11.8 Å². The Morgan fingerprint density at radius 3 is 2.50 bits per heavy atom. The Morgan fingerprint density at radius 1 is 0.967 bits per heavy atom. The van der Waals surface area contributed by atoms with Crippen LogP contribution in [0.5, 0.6) is 0 Å². The molecule has 1 aliphatic rings. The number of rotatable bonds is 5. The number of para-hydroxylation sites is 1. The summed E-state index contributed by atoms with van der Waals surface area (Å²) in [6, 6.07) is 14.6. The molecular formula is C24H29N3O3. The lowest BCUT2D eigenvalue weighted by atomic mass is 9.86. The second-order valence-corrected chi connectivity index (χ2v) is 8.01. The van der Waals surface area contributed by atoms with Crippen molar-refractivity contribution >= 4 is 23.4 Å². The molecule has 0 unspecified atom stereocenters. The Hall–Kier alpha value is -3.15. The first-order chi connectivity index (χ1) is 14.4. The summed E-state index contributed by atoms with van der Waals surface area (Å²) in [4.78, 5) is 37.5. The lowest BCUT2D eigenvalue weighted by Crippen LogP contribution is -2.46. The number of nitrogens with one attached hydrogen (secondary N) is 3. The number of hydrogen-bond donors (Lipinski definition) is 3. The predicted molar refractivity (Wildman–Crippen MR) is 117 cm³/mol. The van der Waals surface area contributed by atoms with Crippen LogP contribution in [0.4, 0.5) is 5.69 Å². The van der Waals surface area contributed by atoms with Crippen LogP contribution in [0.3, 0.4) is 0 Å². The molecule has 0 aliphatic heterocycles. The molecule has 1 fully saturated rings. The van der Waals surface area contributed by atoms with Gasteiger partial charge in [0.15, 0.2) is 0 Å². The zero-order chi connectivity index (χ0) is 21.5. The standard InChI is InChI=1S/C24H29N3O3/c1-16-8-7-10-18(14-16)15-25-22(28)19-11-4-6-13-21(19)27-24(30)23(29)26-20-12-5-3-9-17(20)2/h4,6-8,10-11,13-14,17,20H,3,5,9,12,15H2,1-2H3,(H,25,28)(H,26,29)(H,27,30)/t17-,20+/m1/s1. The average molecular weight is 408 g/mol. The van der Waals surface area contributed by atoms with Crippen molar-refractivity contribution in [1.29, 1.82) is 0 Å². The van der Waals surface area contributed by atoms with Crippen LogP contribution in [0, 0.1) is 12.8 Å². The molecule has 2 aromatic carbocycles. The lowest BCUT2D eigenvalue weighted by molar-refractivity contribution is -0.137. The highest BCUT2D eigenvalue weighted by Gasteiger charge is 2.26.